The first-order chi connectivity index (χ1) is 9.31. The van der Waals surface area contributed by atoms with E-state index in [-0.39, 0.29) is 0 Å². The van der Waals surface area contributed by atoms with Gasteiger partial charge >= 0.3 is 0 Å². The van der Waals surface area contributed by atoms with Crippen molar-refractivity contribution in [1.29, 1.82) is 0 Å². The molecule has 0 aliphatic rings. The lowest BCUT2D eigenvalue weighted by molar-refractivity contribution is 1.000. The van der Waals surface area contributed by atoms with Gasteiger partial charge in [0.2, 0.25) is 5.95 Å². The summed E-state index contributed by atoms with van der Waals surface area (Å²) < 4.78 is 0. The molecule has 2 aromatic carbocycles. The molecule has 0 atom stereocenters. The number of aromatic amines is 1. The van der Waals surface area contributed by atoms with E-state index in [0.29, 0.717) is 0 Å². The van der Waals surface area contributed by atoms with Crippen LogP contribution in [0.4, 0.5) is 5.95 Å². The van der Waals surface area contributed by atoms with Gasteiger partial charge in [-0.1, -0.05) is 36.4 Å². The van der Waals surface area contributed by atoms with Gasteiger partial charge in [-0.15, -0.1) is 0 Å². The van der Waals surface area contributed by atoms with Gasteiger partial charge in [-0.25, -0.2) is 4.98 Å². The standard InChI is InChI=1S/C16H17N3/c1-12-7-8-14-15(11-12)19-16(18-14)17-10-9-13-5-3-2-4-6-13/h2-8,11H,9-10H2,1H3,(H2,17,18,19). The third kappa shape index (κ3) is 2.76. The molecule has 0 aliphatic carbocycles. The normalized spacial score (nSPS) is 10.8. The number of fused-ring (bicyclic) bond motifs is 1. The number of nitrogens with one attached hydrogen (secondary N) is 2. The summed E-state index contributed by atoms with van der Waals surface area (Å²) in [5, 5.41) is 3.34. The van der Waals surface area contributed by atoms with Crippen LogP contribution in [0, 0.1) is 6.92 Å². The second-order valence-corrected chi connectivity index (χ2v) is 4.77. The maximum atomic E-state index is 4.52. The second-order valence-electron chi connectivity index (χ2n) is 4.77. The molecule has 0 saturated heterocycles. The van der Waals surface area contributed by atoms with E-state index in [0.717, 1.165) is 29.9 Å². The lowest BCUT2D eigenvalue weighted by Crippen LogP contribution is -2.05. The van der Waals surface area contributed by atoms with Crippen molar-refractivity contribution in [2.45, 2.75) is 13.3 Å². The summed E-state index contributed by atoms with van der Waals surface area (Å²) in [6.45, 7) is 2.96. The molecule has 0 amide bonds. The molecule has 3 aromatic rings. The third-order valence-corrected chi connectivity index (χ3v) is 3.19. The number of anilines is 1. The molecule has 1 aromatic heterocycles. The molecule has 3 rings (SSSR count). The second kappa shape index (κ2) is 5.14. The van der Waals surface area contributed by atoms with E-state index in [1.54, 1.807) is 0 Å². The minimum Gasteiger partial charge on any atom is -0.355 e. The molecule has 1 heterocycles. The van der Waals surface area contributed by atoms with Crippen molar-refractivity contribution >= 4 is 17.0 Å². The molecule has 3 nitrogen and oxygen atoms in total. The summed E-state index contributed by atoms with van der Waals surface area (Å²) in [6.07, 6.45) is 0.997. The van der Waals surface area contributed by atoms with Crippen LogP contribution in [-0.2, 0) is 6.42 Å². The van der Waals surface area contributed by atoms with Crippen molar-refractivity contribution in [1.82, 2.24) is 9.97 Å². The quantitative estimate of drug-likeness (QED) is 0.744. The smallest absolute Gasteiger partial charge is 0.201 e. The summed E-state index contributed by atoms with van der Waals surface area (Å²) in [5.74, 6) is 0.844. The number of rotatable bonds is 4. The Morgan fingerprint density at radius 3 is 2.79 bits per heavy atom. The zero-order valence-corrected chi connectivity index (χ0v) is 11.0. The van der Waals surface area contributed by atoms with Gasteiger partial charge in [0.1, 0.15) is 0 Å². The van der Waals surface area contributed by atoms with Gasteiger partial charge < -0.3 is 10.3 Å². The van der Waals surface area contributed by atoms with Crippen molar-refractivity contribution < 1.29 is 0 Å². The van der Waals surface area contributed by atoms with Crippen LogP contribution in [0.2, 0.25) is 0 Å². The number of imidazole rings is 1. The van der Waals surface area contributed by atoms with Crippen LogP contribution < -0.4 is 5.32 Å². The van der Waals surface area contributed by atoms with Crippen molar-refractivity contribution in [2.75, 3.05) is 11.9 Å². The lowest BCUT2D eigenvalue weighted by Gasteiger charge is -2.02. The molecule has 3 heteroatoms. The zero-order chi connectivity index (χ0) is 13.1. The first-order valence-electron chi connectivity index (χ1n) is 6.55. The van der Waals surface area contributed by atoms with E-state index >= 15 is 0 Å². The summed E-state index contributed by atoms with van der Waals surface area (Å²) in [4.78, 5) is 7.82. The fraction of sp³-hybridized carbons (Fsp3) is 0.188. The summed E-state index contributed by atoms with van der Waals surface area (Å²) in [6, 6.07) is 16.7. The van der Waals surface area contributed by atoms with E-state index in [1.165, 1.54) is 11.1 Å². The molecule has 0 bridgehead atoms. The molecule has 0 unspecified atom stereocenters. The lowest BCUT2D eigenvalue weighted by atomic mass is 10.1. The predicted molar refractivity (Wildman–Crippen MR) is 79.5 cm³/mol. The number of hydrogen-bond acceptors (Lipinski definition) is 2. The van der Waals surface area contributed by atoms with E-state index in [4.69, 9.17) is 0 Å². The van der Waals surface area contributed by atoms with Crippen LogP contribution in [0.5, 0.6) is 0 Å². The van der Waals surface area contributed by atoms with Gasteiger partial charge in [-0.2, -0.15) is 0 Å². The Labute approximate surface area is 112 Å². The van der Waals surface area contributed by atoms with Crippen LogP contribution in [-0.4, -0.2) is 16.5 Å². The molecule has 0 saturated carbocycles. The maximum Gasteiger partial charge on any atom is 0.201 e. The van der Waals surface area contributed by atoms with Gasteiger partial charge in [0, 0.05) is 6.54 Å². The largest absolute Gasteiger partial charge is 0.355 e. The maximum absolute atomic E-state index is 4.52. The number of benzene rings is 2. The predicted octanol–water partition coefficient (Wildman–Crippen LogP) is 3.53. The molecular weight excluding hydrogens is 234 g/mol. The molecule has 0 spiro atoms. The summed E-state index contributed by atoms with van der Waals surface area (Å²) in [7, 11) is 0. The van der Waals surface area contributed by atoms with E-state index in [2.05, 4.69) is 58.6 Å². The average molecular weight is 251 g/mol. The number of aromatic nitrogens is 2. The number of aryl methyl sites for hydroxylation is 1. The van der Waals surface area contributed by atoms with Crippen molar-refractivity contribution in [2.24, 2.45) is 0 Å². The van der Waals surface area contributed by atoms with Gasteiger partial charge in [0.25, 0.3) is 0 Å². The highest BCUT2D eigenvalue weighted by Crippen LogP contribution is 2.15. The molecule has 0 fully saturated rings. The SMILES string of the molecule is Cc1ccc2nc(NCCc3ccccc3)[nH]c2c1. The van der Waals surface area contributed by atoms with Crippen LogP contribution >= 0.6 is 0 Å². The fourth-order valence-electron chi connectivity index (χ4n) is 2.18. The van der Waals surface area contributed by atoms with Gasteiger partial charge in [0.15, 0.2) is 0 Å². The first-order valence-corrected chi connectivity index (χ1v) is 6.55. The highest BCUT2D eigenvalue weighted by Gasteiger charge is 2.01. The van der Waals surface area contributed by atoms with Gasteiger partial charge in [0.05, 0.1) is 11.0 Å². The van der Waals surface area contributed by atoms with Crippen LogP contribution in [0.25, 0.3) is 11.0 Å². The fourth-order valence-corrected chi connectivity index (χ4v) is 2.18. The topological polar surface area (TPSA) is 40.7 Å². The molecule has 0 radical (unpaired) electrons. The van der Waals surface area contributed by atoms with Crippen molar-refractivity contribution in [3.05, 3.63) is 59.7 Å². The minimum atomic E-state index is 0.844. The highest BCUT2D eigenvalue weighted by atomic mass is 15.1. The highest BCUT2D eigenvalue weighted by molar-refractivity contribution is 5.78. The zero-order valence-electron chi connectivity index (χ0n) is 11.0. The molecule has 19 heavy (non-hydrogen) atoms. The number of nitrogens with zero attached hydrogens (tertiary/aromatic N) is 1. The molecule has 96 valence electrons. The van der Waals surface area contributed by atoms with Crippen LogP contribution in [0.1, 0.15) is 11.1 Å². The molecule has 0 aliphatic heterocycles. The van der Waals surface area contributed by atoms with Crippen molar-refractivity contribution in [3.8, 4) is 0 Å². The third-order valence-electron chi connectivity index (χ3n) is 3.19. The Morgan fingerprint density at radius 1 is 1.11 bits per heavy atom. The molecular formula is C16H17N3. The number of H-pyrrole nitrogens is 1. The van der Waals surface area contributed by atoms with E-state index in [1.807, 2.05) is 12.1 Å². The Balaban J connectivity index is 1.65. The molecule has 2 N–H and O–H groups in total. The number of hydrogen-bond donors (Lipinski definition) is 2. The Bertz CT molecular complexity index is 671. The Morgan fingerprint density at radius 2 is 1.95 bits per heavy atom. The van der Waals surface area contributed by atoms with Gasteiger partial charge in [-0.3, -0.25) is 0 Å². The Kier molecular flexibility index (Phi) is 3.19. The van der Waals surface area contributed by atoms with Crippen molar-refractivity contribution in [3.63, 3.8) is 0 Å². The summed E-state index contributed by atoms with van der Waals surface area (Å²) >= 11 is 0. The first kappa shape index (κ1) is 11.8. The van der Waals surface area contributed by atoms with Crippen LogP contribution in [0.15, 0.2) is 48.5 Å². The van der Waals surface area contributed by atoms with E-state index < -0.39 is 0 Å². The van der Waals surface area contributed by atoms with Crippen LogP contribution in [0.3, 0.4) is 0 Å². The Hall–Kier alpha value is -2.29. The van der Waals surface area contributed by atoms with E-state index in [9.17, 15) is 0 Å². The van der Waals surface area contributed by atoms with Gasteiger partial charge in [-0.05, 0) is 36.6 Å². The minimum absolute atomic E-state index is 0.844. The monoisotopic (exact) mass is 251 g/mol. The average Bonchev–Trinajstić information content (AvgIpc) is 2.82. The summed E-state index contributed by atoms with van der Waals surface area (Å²) in [5.41, 5.74) is 4.67.